The standard InChI is InChI=1S/C29H27FN8O2S/c1-16(2)35-21-7-19(11-31-12-21)25-9-23-28(15-33-25)37-38-29(23)26-8-22-24(13-32-14-27(22)36-26)18-4-17(5-20(30)6-18)10-34-41(3,39)40/h4-9,11-16,34-36H,10H2,1-3H3,(H,37,38). The van der Waals surface area contributed by atoms with Crippen molar-refractivity contribution in [3.63, 3.8) is 0 Å². The zero-order valence-corrected chi connectivity index (χ0v) is 23.3. The number of benzene rings is 1. The Morgan fingerprint density at radius 2 is 1.73 bits per heavy atom. The lowest BCUT2D eigenvalue weighted by atomic mass is 10.0. The third-order valence-corrected chi connectivity index (χ3v) is 7.21. The van der Waals surface area contributed by atoms with Gasteiger partial charge in [-0.15, -0.1) is 0 Å². The smallest absolute Gasteiger partial charge is 0.209 e. The molecule has 0 aliphatic heterocycles. The number of anilines is 1. The number of hydrogen-bond acceptors (Lipinski definition) is 7. The monoisotopic (exact) mass is 570 g/mol. The van der Waals surface area contributed by atoms with Crippen LogP contribution in [0.4, 0.5) is 10.1 Å². The minimum absolute atomic E-state index is 0.0209. The van der Waals surface area contributed by atoms with Gasteiger partial charge in [-0.3, -0.25) is 20.1 Å². The Balaban J connectivity index is 1.40. The maximum absolute atomic E-state index is 14.6. The SMILES string of the molecule is CC(C)Nc1cncc(-c2cc3c(-c4cc5c(-c6cc(F)cc(CNS(C)(=O)=O)c6)cncc5[nH]4)n[nH]c3cn2)c1. The fraction of sp³-hybridized carbons (Fsp3) is 0.172. The molecule has 6 aromatic rings. The molecule has 5 aromatic heterocycles. The molecule has 0 radical (unpaired) electrons. The van der Waals surface area contributed by atoms with Crippen LogP contribution in [0.25, 0.3) is 55.6 Å². The van der Waals surface area contributed by atoms with Gasteiger partial charge in [0.2, 0.25) is 10.0 Å². The third-order valence-electron chi connectivity index (χ3n) is 6.54. The summed E-state index contributed by atoms with van der Waals surface area (Å²) >= 11 is 0. The van der Waals surface area contributed by atoms with Gasteiger partial charge in [-0.25, -0.2) is 17.5 Å². The highest BCUT2D eigenvalue weighted by Gasteiger charge is 2.16. The quantitative estimate of drug-likeness (QED) is 0.196. The number of pyridine rings is 3. The van der Waals surface area contributed by atoms with E-state index in [1.54, 1.807) is 37.1 Å². The van der Waals surface area contributed by atoms with E-state index in [1.165, 1.54) is 12.1 Å². The van der Waals surface area contributed by atoms with Crippen molar-refractivity contribution in [2.45, 2.75) is 26.4 Å². The van der Waals surface area contributed by atoms with Crippen LogP contribution in [0.5, 0.6) is 0 Å². The first kappa shape index (κ1) is 26.5. The number of aromatic nitrogens is 6. The Hall–Kier alpha value is -4.68. The normalized spacial score (nSPS) is 12.0. The van der Waals surface area contributed by atoms with E-state index in [0.717, 1.165) is 50.7 Å². The molecule has 12 heteroatoms. The van der Waals surface area contributed by atoms with Crippen LogP contribution in [-0.4, -0.2) is 50.8 Å². The van der Waals surface area contributed by atoms with Gasteiger partial charge in [-0.2, -0.15) is 5.10 Å². The zero-order valence-electron chi connectivity index (χ0n) is 22.5. The summed E-state index contributed by atoms with van der Waals surface area (Å²) in [6.07, 6.45) is 9.74. The lowest BCUT2D eigenvalue weighted by Crippen LogP contribution is -2.21. The van der Waals surface area contributed by atoms with E-state index in [1.807, 2.05) is 18.2 Å². The topological polar surface area (TPSA) is 141 Å². The number of halogens is 1. The molecule has 1 aromatic carbocycles. The first-order valence-corrected chi connectivity index (χ1v) is 14.8. The van der Waals surface area contributed by atoms with Crippen molar-refractivity contribution in [3.05, 3.63) is 78.8 Å². The first-order valence-electron chi connectivity index (χ1n) is 12.9. The van der Waals surface area contributed by atoms with E-state index >= 15 is 0 Å². The summed E-state index contributed by atoms with van der Waals surface area (Å²) < 4.78 is 40.1. The molecule has 0 aliphatic rings. The fourth-order valence-electron chi connectivity index (χ4n) is 4.80. The Labute approximate surface area is 235 Å². The Bertz CT molecular complexity index is 2020. The van der Waals surface area contributed by atoms with Gasteiger partial charge in [-0.1, -0.05) is 0 Å². The van der Waals surface area contributed by atoms with Gasteiger partial charge in [0.25, 0.3) is 0 Å². The minimum Gasteiger partial charge on any atom is -0.382 e. The van der Waals surface area contributed by atoms with Gasteiger partial charge in [0.15, 0.2) is 0 Å². The van der Waals surface area contributed by atoms with Gasteiger partial charge in [0.05, 0.1) is 46.8 Å². The van der Waals surface area contributed by atoms with Crippen molar-refractivity contribution in [2.24, 2.45) is 0 Å². The molecule has 0 bridgehead atoms. The van der Waals surface area contributed by atoms with Crippen LogP contribution in [0.1, 0.15) is 19.4 Å². The second kappa shape index (κ2) is 10.4. The molecular formula is C29H27FN8O2S. The second-order valence-electron chi connectivity index (χ2n) is 10.2. The third kappa shape index (κ3) is 5.65. The summed E-state index contributed by atoms with van der Waals surface area (Å²) in [7, 11) is -3.43. The Kier molecular flexibility index (Phi) is 6.72. The number of rotatable bonds is 8. The first-order chi connectivity index (χ1) is 19.6. The number of nitrogens with zero attached hydrogens (tertiary/aromatic N) is 4. The zero-order chi connectivity index (χ0) is 28.7. The molecule has 0 atom stereocenters. The summed E-state index contributed by atoms with van der Waals surface area (Å²) in [5, 5.41) is 12.7. The molecule has 4 N–H and O–H groups in total. The van der Waals surface area contributed by atoms with E-state index in [-0.39, 0.29) is 12.6 Å². The number of hydrogen-bond donors (Lipinski definition) is 4. The van der Waals surface area contributed by atoms with E-state index in [4.69, 9.17) is 0 Å². The van der Waals surface area contributed by atoms with Crippen molar-refractivity contribution in [3.8, 4) is 33.8 Å². The van der Waals surface area contributed by atoms with Gasteiger partial charge in [0.1, 0.15) is 11.5 Å². The summed E-state index contributed by atoms with van der Waals surface area (Å²) in [5.41, 5.74) is 7.31. The van der Waals surface area contributed by atoms with E-state index in [2.05, 4.69) is 54.0 Å². The van der Waals surface area contributed by atoms with E-state index in [9.17, 15) is 12.8 Å². The van der Waals surface area contributed by atoms with Gasteiger partial charge < -0.3 is 10.3 Å². The van der Waals surface area contributed by atoms with E-state index < -0.39 is 15.8 Å². The molecule has 208 valence electrons. The maximum Gasteiger partial charge on any atom is 0.209 e. The molecule has 5 heterocycles. The van der Waals surface area contributed by atoms with E-state index in [0.29, 0.717) is 22.4 Å². The number of sulfonamides is 1. The van der Waals surface area contributed by atoms with Crippen LogP contribution in [0.2, 0.25) is 0 Å². The molecule has 6 rings (SSSR count). The fourth-order valence-corrected chi connectivity index (χ4v) is 5.23. The average molecular weight is 571 g/mol. The van der Waals surface area contributed by atoms with Crippen molar-refractivity contribution < 1.29 is 12.8 Å². The van der Waals surface area contributed by atoms with Gasteiger partial charge in [-0.05, 0) is 61.4 Å². The predicted octanol–water partition coefficient (Wildman–Crippen LogP) is 5.24. The molecule has 0 amide bonds. The molecule has 0 spiro atoms. The molecule has 0 saturated heterocycles. The summed E-state index contributed by atoms with van der Waals surface area (Å²) in [6.45, 7) is 4.12. The lowest BCUT2D eigenvalue weighted by molar-refractivity contribution is 0.586. The van der Waals surface area contributed by atoms with Gasteiger partial charge >= 0.3 is 0 Å². The largest absolute Gasteiger partial charge is 0.382 e. The summed E-state index contributed by atoms with van der Waals surface area (Å²) in [6, 6.07) is 10.7. The highest BCUT2D eigenvalue weighted by Crippen LogP contribution is 2.35. The molecule has 41 heavy (non-hydrogen) atoms. The molecule has 0 saturated carbocycles. The van der Waals surface area contributed by atoms with Crippen LogP contribution in [0.3, 0.4) is 0 Å². The van der Waals surface area contributed by atoms with Crippen LogP contribution < -0.4 is 10.0 Å². The molecular weight excluding hydrogens is 543 g/mol. The number of aromatic amines is 2. The number of nitrogens with one attached hydrogen (secondary N) is 4. The Morgan fingerprint density at radius 1 is 0.902 bits per heavy atom. The average Bonchev–Trinajstić information content (AvgIpc) is 3.54. The molecule has 0 fully saturated rings. The highest BCUT2D eigenvalue weighted by atomic mass is 32.2. The highest BCUT2D eigenvalue weighted by molar-refractivity contribution is 7.88. The summed E-state index contributed by atoms with van der Waals surface area (Å²) in [4.78, 5) is 16.7. The number of fused-ring (bicyclic) bond motifs is 2. The van der Waals surface area contributed by atoms with Gasteiger partial charge in [0, 0.05) is 53.1 Å². The molecule has 0 unspecified atom stereocenters. The molecule has 0 aliphatic carbocycles. The minimum atomic E-state index is -3.43. The van der Waals surface area contributed by atoms with Crippen LogP contribution in [0, 0.1) is 5.82 Å². The van der Waals surface area contributed by atoms with Crippen molar-refractivity contribution in [2.75, 3.05) is 11.6 Å². The van der Waals surface area contributed by atoms with Crippen molar-refractivity contribution in [1.82, 2.24) is 34.9 Å². The summed E-state index contributed by atoms with van der Waals surface area (Å²) in [5.74, 6) is -0.471. The Morgan fingerprint density at radius 3 is 2.54 bits per heavy atom. The van der Waals surface area contributed by atoms with Crippen molar-refractivity contribution in [1.29, 1.82) is 0 Å². The van der Waals surface area contributed by atoms with Crippen LogP contribution >= 0.6 is 0 Å². The predicted molar refractivity (Wildman–Crippen MR) is 158 cm³/mol. The maximum atomic E-state index is 14.6. The van der Waals surface area contributed by atoms with Crippen molar-refractivity contribution >= 4 is 37.5 Å². The second-order valence-corrected chi connectivity index (χ2v) is 12.1. The van der Waals surface area contributed by atoms with Crippen LogP contribution in [0.15, 0.2) is 67.4 Å². The lowest BCUT2D eigenvalue weighted by Gasteiger charge is -2.10. The van der Waals surface area contributed by atoms with Crippen LogP contribution in [-0.2, 0) is 16.6 Å². The molecule has 10 nitrogen and oxygen atoms in total. The number of H-pyrrole nitrogens is 2.